The SMILES string of the molecule is C#C[CH2][In]1[CH2]C=C[CH2]1. The van der Waals surface area contributed by atoms with E-state index in [4.69, 9.17) is 6.42 Å². The maximum absolute atomic E-state index is 5.18. The first-order valence-electron chi connectivity index (χ1n) is 3.02. The Morgan fingerprint density at radius 1 is 1.50 bits per heavy atom. The van der Waals surface area contributed by atoms with Crippen LogP contribution >= 0.6 is 0 Å². The van der Waals surface area contributed by atoms with E-state index in [1.807, 2.05) is 0 Å². The van der Waals surface area contributed by atoms with Crippen molar-refractivity contribution < 1.29 is 0 Å². The van der Waals surface area contributed by atoms with Crippen LogP contribution in [0.1, 0.15) is 0 Å². The summed E-state index contributed by atoms with van der Waals surface area (Å²) in [4.78, 5) is 0. The average molecular weight is 208 g/mol. The van der Waals surface area contributed by atoms with Crippen molar-refractivity contribution in [3.8, 4) is 12.3 Å². The Morgan fingerprint density at radius 3 is 2.62 bits per heavy atom. The van der Waals surface area contributed by atoms with Gasteiger partial charge >= 0.3 is 58.5 Å². The van der Waals surface area contributed by atoms with Crippen molar-refractivity contribution in [3.63, 3.8) is 0 Å². The van der Waals surface area contributed by atoms with Crippen LogP contribution < -0.4 is 0 Å². The molecule has 0 aliphatic carbocycles. The van der Waals surface area contributed by atoms with Crippen molar-refractivity contribution >= 4 is 21.4 Å². The first-order chi connectivity index (χ1) is 3.93. The van der Waals surface area contributed by atoms with Gasteiger partial charge in [0.05, 0.1) is 0 Å². The zero-order chi connectivity index (χ0) is 5.82. The molecule has 0 unspecified atom stereocenters. The fourth-order valence-electron chi connectivity index (χ4n) is 1.01. The van der Waals surface area contributed by atoms with Crippen LogP contribution in [0.15, 0.2) is 12.2 Å². The van der Waals surface area contributed by atoms with Gasteiger partial charge in [0.1, 0.15) is 0 Å². The molecule has 0 bridgehead atoms. The Labute approximate surface area is 58.5 Å². The van der Waals surface area contributed by atoms with Crippen molar-refractivity contribution in [2.75, 3.05) is 0 Å². The maximum atomic E-state index is 5.18. The topological polar surface area (TPSA) is 0 Å². The molecule has 0 N–H and O–H groups in total. The molecule has 8 heavy (non-hydrogen) atoms. The third-order valence-corrected chi connectivity index (χ3v) is 9.19. The van der Waals surface area contributed by atoms with E-state index >= 15 is 0 Å². The monoisotopic (exact) mass is 208 g/mol. The summed E-state index contributed by atoms with van der Waals surface area (Å²) in [5.41, 5.74) is 0. The summed E-state index contributed by atoms with van der Waals surface area (Å²) in [7, 11) is 0. The molecule has 1 rings (SSSR count). The number of rotatable bonds is 1. The van der Waals surface area contributed by atoms with Gasteiger partial charge in [0, 0.05) is 0 Å². The van der Waals surface area contributed by atoms with E-state index in [1.54, 1.807) is 0 Å². The summed E-state index contributed by atoms with van der Waals surface area (Å²) >= 11 is -1.04. The van der Waals surface area contributed by atoms with Gasteiger partial charge in [0.25, 0.3) is 0 Å². The average Bonchev–Trinajstić information content (AvgIpc) is 2.19. The van der Waals surface area contributed by atoms with E-state index < -0.39 is 21.4 Å². The molecule has 0 saturated heterocycles. The van der Waals surface area contributed by atoms with E-state index in [1.165, 1.54) is 8.35 Å². The van der Waals surface area contributed by atoms with Gasteiger partial charge in [-0.25, -0.2) is 0 Å². The second-order valence-corrected chi connectivity index (χ2v) is 11.0. The zero-order valence-electron chi connectivity index (χ0n) is 4.93. The third-order valence-electron chi connectivity index (χ3n) is 1.51. The van der Waals surface area contributed by atoms with E-state index in [2.05, 4.69) is 18.1 Å². The van der Waals surface area contributed by atoms with Gasteiger partial charge in [0.2, 0.25) is 0 Å². The Morgan fingerprint density at radius 2 is 2.12 bits per heavy atom. The Bertz CT molecular complexity index is 122. The Balaban J connectivity index is 2.22. The van der Waals surface area contributed by atoms with Crippen molar-refractivity contribution in [3.05, 3.63) is 12.2 Å². The molecule has 0 aromatic carbocycles. The van der Waals surface area contributed by atoms with Crippen LogP contribution in [0.25, 0.3) is 0 Å². The van der Waals surface area contributed by atoms with Crippen molar-refractivity contribution in [2.45, 2.75) is 12.5 Å². The predicted octanol–water partition coefficient (Wildman–Crippen LogP) is 1.68. The van der Waals surface area contributed by atoms with Crippen LogP contribution in [0, 0.1) is 12.3 Å². The fraction of sp³-hybridized carbons (Fsp3) is 0.429. The Kier molecular flexibility index (Phi) is 2.55. The molecule has 0 aromatic rings. The summed E-state index contributed by atoms with van der Waals surface area (Å²) < 4.78 is 3.98. The van der Waals surface area contributed by atoms with Crippen molar-refractivity contribution in [1.29, 1.82) is 0 Å². The van der Waals surface area contributed by atoms with E-state index in [-0.39, 0.29) is 0 Å². The van der Waals surface area contributed by atoms with Crippen molar-refractivity contribution in [2.24, 2.45) is 0 Å². The van der Waals surface area contributed by atoms with Crippen LogP contribution in [-0.2, 0) is 0 Å². The molecule has 0 saturated carbocycles. The zero-order valence-corrected chi connectivity index (χ0v) is 8.23. The van der Waals surface area contributed by atoms with E-state index in [0.29, 0.717) is 0 Å². The first kappa shape index (κ1) is 6.29. The fourth-order valence-corrected chi connectivity index (χ4v) is 6.75. The molecule has 0 spiro atoms. The molecule has 0 atom stereocenters. The molecule has 0 aromatic heterocycles. The van der Waals surface area contributed by atoms with Gasteiger partial charge < -0.3 is 0 Å². The molecule has 1 aliphatic rings. The molecule has 1 aliphatic heterocycles. The summed E-state index contributed by atoms with van der Waals surface area (Å²) in [6.45, 7) is 0. The van der Waals surface area contributed by atoms with Gasteiger partial charge in [-0.05, 0) is 0 Å². The molecule has 0 amide bonds. The minimum atomic E-state index is -1.04. The summed E-state index contributed by atoms with van der Waals surface area (Å²) in [5.74, 6) is 2.76. The molecular weight excluding hydrogens is 199 g/mol. The molecule has 0 nitrogen and oxygen atoms in total. The summed E-state index contributed by atoms with van der Waals surface area (Å²) in [5, 5.41) is 0. The molecule has 1 heterocycles. The van der Waals surface area contributed by atoms with Crippen LogP contribution in [0.3, 0.4) is 0 Å². The quantitative estimate of drug-likeness (QED) is 0.454. The van der Waals surface area contributed by atoms with E-state index in [0.717, 1.165) is 4.18 Å². The number of hydrogen-bond acceptors (Lipinski definition) is 0. The summed E-state index contributed by atoms with van der Waals surface area (Å²) in [6, 6.07) is 0. The van der Waals surface area contributed by atoms with Gasteiger partial charge in [-0.3, -0.25) is 0 Å². The predicted molar refractivity (Wildman–Crippen MR) is 38.1 cm³/mol. The molecule has 1 heteroatoms. The normalized spacial score (nSPS) is 16.6. The van der Waals surface area contributed by atoms with Crippen LogP contribution in [0.5, 0.6) is 0 Å². The van der Waals surface area contributed by atoms with Crippen molar-refractivity contribution in [1.82, 2.24) is 0 Å². The number of hydrogen-bond donors (Lipinski definition) is 0. The van der Waals surface area contributed by atoms with Gasteiger partial charge in [-0.15, -0.1) is 0 Å². The molecule has 0 radical (unpaired) electrons. The Hall–Kier alpha value is 0.170. The van der Waals surface area contributed by atoms with E-state index in [9.17, 15) is 0 Å². The minimum absolute atomic E-state index is 1.04. The van der Waals surface area contributed by atoms with Crippen LogP contribution in [0.4, 0.5) is 0 Å². The molecule has 40 valence electrons. The van der Waals surface area contributed by atoms with Gasteiger partial charge in [-0.1, -0.05) is 0 Å². The standard InChI is InChI=1S/C4H6.C3H3.In/c1-3-4-2;1-3-2;/h3-4H,1-2H2;1H,2H2;. The second kappa shape index (κ2) is 3.25. The number of allylic oxidation sites excluding steroid dienone is 2. The third kappa shape index (κ3) is 1.59. The number of terminal acetylenes is 1. The second-order valence-electron chi connectivity index (χ2n) is 2.22. The summed E-state index contributed by atoms with van der Waals surface area (Å²) in [6.07, 6.45) is 9.79. The molecule has 0 fully saturated rings. The van der Waals surface area contributed by atoms with Gasteiger partial charge in [0.15, 0.2) is 0 Å². The molecular formula is C7H9In. The van der Waals surface area contributed by atoms with Crippen LogP contribution in [0.2, 0.25) is 12.5 Å². The van der Waals surface area contributed by atoms with Crippen LogP contribution in [-0.4, -0.2) is 21.4 Å². The van der Waals surface area contributed by atoms with Gasteiger partial charge in [-0.2, -0.15) is 0 Å². The first-order valence-corrected chi connectivity index (χ1v) is 10.0.